The predicted molar refractivity (Wildman–Crippen MR) is 71.8 cm³/mol. The zero-order valence-electron chi connectivity index (χ0n) is 10.7. The summed E-state index contributed by atoms with van der Waals surface area (Å²) >= 11 is 1.54. The smallest absolute Gasteiger partial charge is 0.329 e. The van der Waals surface area contributed by atoms with Crippen molar-refractivity contribution in [3.05, 3.63) is 10.5 Å². The summed E-state index contributed by atoms with van der Waals surface area (Å²) in [5, 5.41) is 10.1. The highest BCUT2D eigenvalue weighted by molar-refractivity contribution is 7.99. The van der Waals surface area contributed by atoms with Gasteiger partial charge in [-0.3, -0.25) is 9.55 Å². The van der Waals surface area contributed by atoms with E-state index in [4.69, 9.17) is 0 Å². The summed E-state index contributed by atoms with van der Waals surface area (Å²) in [7, 11) is 1.67. The Balaban J connectivity index is 2.20. The lowest BCUT2D eigenvalue weighted by Crippen LogP contribution is -2.12. The first kappa shape index (κ1) is 14.2. The van der Waals surface area contributed by atoms with E-state index >= 15 is 0 Å². The first-order valence-electron chi connectivity index (χ1n) is 6.27. The van der Waals surface area contributed by atoms with Crippen molar-refractivity contribution in [2.75, 3.05) is 5.75 Å². The van der Waals surface area contributed by atoms with Crippen LogP contribution in [0.25, 0.3) is 0 Å². The monoisotopic (exact) mass is 258 g/mol. The van der Waals surface area contributed by atoms with Gasteiger partial charge in [-0.2, -0.15) is 0 Å². The second-order valence-electron chi connectivity index (χ2n) is 4.26. The zero-order valence-corrected chi connectivity index (χ0v) is 11.5. The van der Waals surface area contributed by atoms with Crippen molar-refractivity contribution in [2.24, 2.45) is 7.05 Å². The van der Waals surface area contributed by atoms with Crippen molar-refractivity contribution in [1.82, 2.24) is 9.55 Å². The van der Waals surface area contributed by atoms with Gasteiger partial charge < -0.3 is 5.11 Å². The van der Waals surface area contributed by atoms with Gasteiger partial charge in [-0.05, 0) is 12.2 Å². The van der Waals surface area contributed by atoms with Gasteiger partial charge in [-0.25, -0.2) is 4.79 Å². The maximum Gasteiger partial charge on any atom is 0.329 e. The van der Waals surface area contributed by atoms with E-state index < -0.39 is 0 Å². The molecule has 1 rings (SSSR count). The van der Waals surface area contributed by atoms with Crippen LogP contribution in [-0.4, -0.2) is 20.4 Å². The predicted octanol–water partition coefficient (Wildman–Crippen LogP) is 2.87. The standard InChI is InChI=1S/C12H22N2O2S/c1-3-4-5-6-7-8-9-17-11-10(15)13-12(16)14(11)2/h15H,3-9H2,1-2H3,(H,13,16). The number of hydrogen-bond donors (Lipinski definition) is 2. The molecule has 0 radical (unpaired) electrons. The van der Waals surface area contributed by atoms with E-state index in [2.05, 4.69) is 11.9 Å². The third-order valence-electron chi connectivity index (χ3n) is 2.77. The van der Waals surface area contributed by atoms with Crippen LogP contribution in [0, 0.1) is 0 Å². The Hall–Kier alpha value is -0.840. The van der Waals surface area contributed by atoms with E-state index in [1.54, 1.807) is 7.05 Å². The summed E-state index contributed by atoms with van der Waals surface area (Å²) in [5.41, 5.74) is -0.257. The summed E-state index contributed by atoms with van der Waals surface area (Å²) < 4.78 is 1.46. The molecule has 1 aromatic heterocycles. The molecule has 5 heteroatoms. The SMILES string of the molecule is CCCCCCCCSc1c(O)[nH]c(=O)n1C. The number of nitrogens with zero attached hydrogens (tertiary/aromatic N) is 1. The Labute approximate surface area is 106 Å². The van der Waals surface area contributed by atoms with Crippen molar-refractivity contribution in [3.63, 3.8) is 0 Å². The van der Waals surface area contributed by atoms with E-state index in [1.807, 2.05) is 0 Å². The molecule has 0 fully saturated rings. The van der Waals surface area contributed by atoms with Gasteiger partial charge in [-0.1, -0.05) is 39.0 Å². The summed E-state index contributed by atoms with van der Waals surface area (Å²) in [6.07, 6.45) is 7.55. The maximum absolute atomic E-state index is 11.2. The van der Waals surface area contributed by atoms with Crippen LogP contribution in [0.3, 0.4) is 0 Å². The first-order chi connectivity index (χ1) is 8.16. The van der Waals surface area contributed by atoms with E-state index in [1.165, 1.54) is 48.4 Å². The largest absolute Gasteiger partial charge is 0.493 e. The quantitative estimate of drug-likeness (QED) is 0.557. The van der Waals surface area contributed by atoms with E-state index in [9.17, 15) is 9.90 Å². The normalized spacial score (nSPS) is 10.9. The van der Waals surface area contributed by atoms with Crippen LogP contribution < -0.4 is 5.69 Å². The van der Waals surface area contributed by atoms with Gasteiger partial charge in [0.05, 0.1) is 0 Å². The topological polar surface area (TPSA) is 58.0 Å². The maximum atomic E-state index is 11.2. The molecule has 4 nitrogen and oxygen atoms in total. The van der Waals surface area contributed by atoms with E-state index in [0.717, 1.165) is 12.2 Å². The molecule has 98 valence electrons. The van der Waals surface area contributed by atoms with Gasteiger partial charge in [-0.15, -0.1) is 11.8 Å². The van der Waals surface area contributed by atoms with Crippen molar-refractivity contribution in [2.45, 2.75) is 50.5 Å². The van der Waals surface area contributed by atoms with Gasteiger partial charge in [0.1, 0.15) is 5.03 Å². The Bertz CT molecular complexity index is 384. The molecule has 17 heavy (non-hydrogen) atoms. The van der Waals surface area contributed by atoms with Crippen LogP contribution in [0.5, 0.6) is 5.88 Å². The number of thioether (sulfide) groups is 1. The molecule has 0 amide bonds. The fourth-order valence-electron chi connectivity index (χ4n) is 1.71. The van der Waals surface area contributed by atoms with Crippen molar-refractivity contribution in [1.29, 1.82) is 0 Å². The van der Waals surface area contributed by atoms with Crippen molar-refractivity contribution < 1.29 is 5.11 Å². The highest BCUT2D eigenvalue weighted by Gasteiger charge is 2.09. The van der Waals surface area contributed by atoms with Crippen molar-refractivity contribution in [3.8, 4) is 5.88 Å². The third-order valence-corrected chi connectivity index (χ3v) is 4.01. The molecule has 2 N–H and O–H groups in total. The number of aromatic amines is 1. The lowest BCUT2D eigenvalue weighted by atomic mass is 10.1. The molecule has 0 aliphatic carbocycles. The second kappa shape index (κ2) is 7.48. The van der Waals surface area contributed by atoms with Crippen LogP contribution in [0.1, 0.15) is 45.4 Å². The molecular weight excluding hydrogens is 236 g/mol. The summed E-state index contributed by atoms with van der Waals surface area (Å²) in [4.78, 5) is 13.6. The number of hydrogen-bond acceptors (Lipinski definition) is 3. The average molecular weight is 258 g/mol. The van der Waals surface area contributed by atoms with Crippen LogP contribution in [0.4, 0.5) is 0 Å². The van der Waals surface area contributed by atoms with Crippen LogP contribution in [0.15, 0.2) is 9.82 Å². The molecule has 1 heterocycles. The number of rotatable bonds is 8. The first-order valence-corrected chi connectivity index (χ1v) is 7.26. The Morgan fingerprint density at radius 1 is 1.24 bits per heavy atom. The second-order valence-corrected chi connectivity index (χ2v) is 5.34. The number of nitrogens with one attached hydrogen (secondary N) is 1. The summed E-state index contributed by atoms with van der Waals surface area (Å²) in [6.45, 7) is 2.21. The zero-order chi connectivity index (χ0) is 12.7. The van der Waals surface area contributed by atoms with E-state index in [-0.39, 0.29) is 11.6 Å². The Morgan fingerprint density at radius 2 is 1.88 bits per heavy atom. The molecular formula is C12H22N2O2S. The van der Waals surface area contributed by atoms with E-state index in [0.29, 0.717) is 5.03 Å². The molecule has 0 saturated heterocycles. The van der Waals surface area contributed by atoms with Gasteiger partial charge in [0.2, 0.25) is 5.88 Å². The van der Waals surface area contributed by atoms with Crippen LogP contribution in [0.2, 0.25) is 0 Å². The van der Waals surface area contributed by atoms with Crippen molar-refractivity contribution >= 4 is 11.8 Å². The molecule has 0 saturated carbocycles. The molecule has 1 aromatic rings. The highest BCUT2D eigenvalue weighted by Crippen LogP contribution is 2.25. The van der Waals surface area contributed by atoms with Gasteiger partial charge in [0.15, 0.2) is 0 Å². The number of aromatic hydroxyl groups is 1. The number of H-pyrrole nitrogens is 1. The van der Waals surface area contributed by atoms with Gasteiger partial charge in [0, 0.05) is 7.05 Å². The number of unbranched alkanes of at least 4 members (excludes halogenated alkanes) is 5. The average Bonchev–Trinajstić information content (AvgIpc) is 2.54. The minimum absolute atomic E-state index is 0.00603. The molecule has 0 aromatic carbocycles. The Kier molecular flexibility index (Phi) is 6.26. The molecule has 0 atom stereocenters. The Morgan fingerprint density at radius 3 is 2.47 bits per heavy atom. The molecule has 0 aliphatic rings. The van der Waals surface area contributed by atoms with Gasteiger partial charge in [0.25, 0.3) is 0 Å². The minimum atomic E-state index is -0.257. The molecule has 0 aliphatic heterocycles. The fraction of sp³-hybridized carbons (Fsp3) is 0.750. The van der Waals surface area contributed by atoms with Gasteiger partial charge >= 0.3 is 5.69 Å². The fourth-order valence-corrected chi connectivity index (χ4v) is 2.71. The molecule has 0 spiro atoms. The third kappa shape index (κ3) is 4.50. The summed E-state index contributed by atoms with van der Waals surface area (Å²) in [6, 6.07) is 0. The lowest BCUT2D eigenvalue weighted by Gasteiger charge is -2.02. The van der Waals surface area contributed by atoms with Crippen LogP contribution in [-0.2, 0) is 7.05 Å². The highest BCUT2D eigenvalue weighted by atomic mass is 32.2. The molecule has 0 bridgehead atoms. The minimum Gasteiger partial charge on any atom is -0.493 e. The number of imidazole rings is 1. The van der Waals surface area contributed by atoms with Crippen LogP contribution >= 0.6 is 11.8 Å². The number of aromatic nitrogens is 2. The molecule has 0 unspecified atom stereocenters. The lowest BCUT2D eigenvalue weighted by molar-refractivity contribution is 0.440. The summed E-state index contributed by atoms with van der Waals surface area (Å²) in [5.74, 6) is 0.943.